The van der Waals surface area contributed by atoms with E-state index in [1.54, 1.807) is 0 Å². The number of halogens is 4. The van der Waals surface area contributed by atoms with E-state index in [1.807, 2.05) is 0 Å². The molecule has 0 aliphatic heterocycles. The summed E-state index contributed by atoms with van der Waals surface area (Å²) < 4.78 is 41.5. The van der Waals surface area contributed by atoms with Crippen molar-refractivity contribution in [3.8, 4) is 5.75 Å². The van der Waals surface area contributed by atoms with Crippen molar-refractivity contribution in [2.24, 2.45) is 0 Å². The zero-order valence-electron chi connectivity index (χ0n) is 12.3. The minimum Gasteiger partial charge on any atom is -0.482 e. The molecule has 0 radical (unpaired) electrons. The number of para-hydroxylation sites is 2. The molecule has 0 fully saturated rings. The molecule has 10 heteroatoms. The maximum absolute atomic E-state index is 12.3. The molecular weight excluding hydrogens is 365 g/mol. The van der Waals surface area contributed by atoms with E-state index in [-0.39, 0.29) is 27.7 Å². The van der Waals surface area contributed by atoms with Crippen LogP contribution in [0.2, 0.25) is 5.02 Å². The van der Waals surface area contributed by atoms with Gasteiger partial charge in [0.2, 0.25) is 0 Å². The number of nitrogens with one attached hydrogen (secondary N) is 1. The zero-order valence-corrected chi connectivity index (χ0v) is 13.1. The Morgan fingerprint density at radius 3 is 2.56 bits per heavy atom. The van der Waals surface area contributed by atoms with Crippen molar-refractivity contribution in [2.75, 3.05) is 11.9 Å². The Balaban J connectivity index is 2.24. The fraction of sp³-hybridized carbons (Fsp3) is 0.133. The van der Waals surface area contributed by atoms with Gasteiger partial charge < -0.3 is 10.1 Å². The first kappa shape index (κ1) is 18.5. The maximum Gasteiger partial charge on any atom is 0.422 e. The van der Waals surface area contributed by atoms with Crippen LogP contribution >= 0.6 is 11.6 Å². The zero-order chi connectivity index (χ0) is 18.6. The second-order valence-electron chi connectivity index (χ2n) is 4.78. The Morgan fingerprint density at radius 2 is 1.92 bits per heavy atom. The number of anilines is 1. The van der Waals surface area contributed by atoms with Crippen LogP contribution in [0.25, 0.3) is 0 Å². The standard InChI is InChI=1S/C15H10ClF3N2O4/c16-11-6-5-9(21(23)24)7-10(11)14(22)20-12-3-1-2-4-13(12)25-8-15(17,18)19/h1-7H,8H2,(H,20,22). The average Bonchev–Trinajstić information content (AvgIpc) is 2.53. The molecule has 132 valence electrons. The highest BCUT2D eigenvalue weighted by atomic mass is 35.5. The van der Waals surface area contributed by atoms with Crippen LogP contribution in [0.15, 0.2) is 42.5 Å². The maximum atomic E-state index is 12.3. The molecule has 0 atom stereocenters. The molecule has 6 nitrogen and oxygen atoms in total. The number of ether oxygens (including phenoxy) is 1. The highest BCUT2D eigenvalue weighted by Crippen LogP contribution is 2.28. The number of nitro benzene ring substituents is 1. The normalized spacial score (nSPS) is 11.0. The van der Waals surface area contributed by atoms with Crippen molar-refractivity contribution in [3.63, 3.8) is 0 Å². The third-order valence-electron chi connectivity index (χ3n) is 2.93. The summed E-state index contributed by atoms with van der Waals surface area (Å²) in [5.41, 5.74) is -0.572. The third-order valence-corrected chi connectivity index (χ3v) is 3.26. The van der Waals surface area contributed by atoms with E-state index in [1.165, 1.54) is 30.3 Å². The molecule has 0 aromatic heterocycles. The van der Waals surface area contributed by atoms with Gasteiger partial charge in [0.05, 0.1) is 21.2 Å². The number of hydrogen-bond acceptors (Lipinski definition) is 4. The van der Waals surface area contributed by atoms with Crippen molar-refractivity contribution in [2.45, 2.75) is 6.18 Å². The first-order chi connectivity index (χ1) is 11.7. The van der Waals surface area contributed by atoms with Crippen LogP contribution in [0.1, 0.15) is 10.4 Å². The molecule has 0 aliphatic carbocycles. The van der Waals surface area contributed by atoms with E-state index in [0.717, 1.165) is 12.1 Å². The van der Waals surface area contributed by atoms with Crippen LogP contribution in [-0.4, -0.2) is 23.6 Å². The van der Waals surface area contributed by atoms with Gasteiger partial charge in [-0.05, 0) is 18.2 Å². The summed E-state index contributed by atoms with van der Waals surface area (Å²) in [6.07, 6.45) is -4.54. The lowest BCUT2D eigenvalue weighted by Crippen LogP contribution is -2.20. The fourth-order valence-electron chi connectivity index (χ4n) is 1.85. The van der Waals surface area contributed by atoms with Crippen molar-refractivity contribution in [1.29, 1.82) is 0 Å². The Hall–Kier alpha value is -2.81. The summed E-state index contributed by atoms with van der Waals surface area (Å²) in [6.45, 7) is -1.53. The Labute approximate surface area is 144 Å². The largest absolute Gasteiger partial charge is 0.482 e. The van der Waals surface area contributed by atoms with Gasteiger partial charge in [-0.2, -0.15) is 13.2 Å². The highest BCUT2D eigenvalue weighted by molar-refractivity contribution is 6.34. The van der Waals surface area contributed by atoms with Crippen LogP contribution in [0, 0.1) is 10.1 Å². The van der Waals surface area contributed by atoms with E-state index >= 15 is 0 Å². The number of carbonyl (C=O) groups is 1. The lowest BCUT2D eigenvalue weighted by Gasteiger charge is -2.14. The molecule has 2 rings (SSSR count). The molecule has 25 heavy (non-hydrogen) atoms. The number of amides is 1. The first-order valence-corrected chi connectivity index (χ1v) is 7.09. The Bertz CT molecular complexity index is 812. The van der Waals surface area contributed by atoms with Gasteiger partial charge in [-0.15, -0.1) is 0 Å². The van der Waals surface area contributed by atoms with Crippen LogP contribution in [0.4, 0.5) is 24.5 Å². The summed E-state index contributed by atoms with van der Waals surface area (Å²) in [4.78, 5) is 22.3. The highest BCUT2D eigenvalue weighted by Gasteiger charge is 2.29. The van der Waals surface area contributed by atoms with E-state index < -0.39 is 23.6 Å². The van der Waals surface area contributed by atoms with Gasteiger partial charge in [-0.25, -0.2) is 0 Å². The fourth-order valence-corrected chi connectivity index (χ4v) is 2.05. The topological polar surface area (TPSA) is 81.5 Å². The van der Waals surface area contributed by atoms with Gasteiger partial charge in [0.25, 0.3) is 11.6 Å². The SMILES string of the molecule is O=C(Nc1ccccc1OCC(F)(F)F)c1cc([N+](=O)[O-])ccc1Cl. The lowest BCUT2D eigenvalue weighted by atomic mass is 10.1. The molecule has 0 unspecified atom stereocenters. The third kappa shape index (κ3) is 5.08. The molecule has 0 saturated heterocycles. The molecule has 1 N–H and O–H groups in total. The minimum absolute atomic E-state index is 0.0284. The van der Waals surface area contributed by atoms with Gasteiger partial charge >= 0.3 is 6.18 Å². The number of nitro groups is 1. The van der Waals surface area contributed by atoms with E-state index in [9.17, 15) is 28.1 Å². The van der Waals surface area contributed by atoms with Crippen LogP contribution in [-0.2, 0) is 0 Å². The van der Waals surface area contributed by atoms with Crippen molar-refractivity contribution in [3.05, 3.63) is 63.2 Å². The van der Waals surface area contributed by atoms with Crippen LogP contribution in [0.5, 0.6) is 5.75 Å². The number of non-ortho nitro benzene ring substituents is 1. The average molecular weight is 375 g/mol. The summed E-state index contributed by atoms with van der Waals surface area (Å²) in [5, 5.41) is 13.1. The number of benzene rings is 2. The predicted molar refractivity (Wildman–Crippen MR) is 84.1 cm³/mol. The first-order valence-electron chi connectivity index (χ1n) is 6.71. The van der Waals surface area contributed by atoms with Gasteiger partial charge in [0.1, 0.15) is 5.75 Å². The van der Waals surface area contributed by atoms with Gasteiger partial charge in [-0.3, -0.25) is 14.9 Å². The molecule has 0 saturated carbocycles. The lowest BCUT2D eigenvalue weighted by molar-refractivity contribution is -0.384. The Morgan fingerprint density at radius 1 is 1.24 bits per heavy atom. The van der Waals surface area contributed by atoms with Crippen molar-refractivity contribution < 1.29 is 27.6 Å². The summed E-state index contributed by atoms with van der Waals surface area (Å²) in [7, 11) is 0. The number of carbonyl (C=O) groups excluding carboxylic acids is 1. The molecule has 1 amide bonds. The molecule has 0 bridgehead atoms. The summed E-state index contributed by atoms with van der Waals surface area (Å²) in [6, 6.07) is 8.76. The van der Waals surface area contributed by atoms with Gasteiger partial charge in [-0.1, -0.05) is 23.7 Å². The second-order valence-corrected chi connectivity index (χ2v) is 5.18. The molecular formula is C15H10ClF3N2O4. The van der Waals surface area contributed by atoms with Crippen LogP contribution in [0.3, 0.4) is 0 Å². The minimum atomic E-state index is -4.54. The van der Waals surface area contributed by atoms with E-state index in [4.69, 9.17) is 11.6 Å². The number of rotatable bonds is 5. The van der Waals surface area contributed by atoms with Crippen LogP contribution < -0.4 is 10.1 Å². The molecule has 2 aromatic rings. The molecule has 0 heterocycles. The number of hydrogen-bond donors (Lipinski definition) is 1. The summed E-state index contributed by atoms with van der Waals surface area (Å²) >= 11 is 5.86. The molecule has 2 aromatic carbocycles. The molecule has 0 spiro atoms. The number of alkyl halides is 3. The van der Waals surface area contributed by atoms with Crippen molar-refractivity contribution >= 4 is 28.9 Å². The second kappa shape index (κ2) is 7.39. The van der Waals surface area contributed by atoms with Crippen molar-refractivity contribution in [1.82, 2.24) is 0 Å². The van der Waals surface area contributed by atoms with Gasteiger partial charge in [0.15, 0.2) is 6.61 Å². The predicted octanol–water partition coefficient (Wildman–Crippen LogP) is 4.44. The number of nitrogens with zero attached hydrogens (tertiary/aromatic N) is 1. The van der Waals surface area contributed by atoms with Gasteiger partial charge in [0, 0.05) is 12.1 Å². The quantitative estimate of drug-likeness (QED) is 0.619. The summed E-state index contributed by atoms with van der Waals surface area (Å²) in [5.74, 6) is -1.02. The smallest absolute Gasteiger partial charge is 0.422 e. The Kier molecular flexibility index (Phi) is 5.48. The molecule has 0 aliphatic rings. The monoisotopic (exact) mass is 374 g/mol. The van der Waals surface area contributed by atoms with E-state index in [0.29, 0.717) is 0 Å². The van der Waals surface area contributed by atoms with E-state index in [2.05, 4.69) is 10.1 Å².